The third-order valence-corrected chi connectivity index (χ3v) is 3.57. The number of hydrogen-bond donors (Lipinski definition) is 1. The third kappa shape index (κ3) is 2.59. The average molecular weight is 349 g/mol. The molecule has 1 aliphatic rings. The van der Waals surface area contributed by atoms with Gasteiger partial charge >= 0.3 is 11.9 Å². The molecule has 0 atom stereocenters. The second-order valence-electron chi connectivity index (χ2n) is 4.46. The molecule has 0 aliphatic carbocycles. The molecule has 0 bridgehead atoms. The van der Waals surface area contributed by atoms with Crippen molar-refractivity contribution < 1.29 is 18.7 Å². The van der Waals surface area contributed by atoms with Crippen LogP contribution in [0.4, 0.5) is 10.7 Å². The molecule has 1 N–H and O–H groups in total. The van der Waals surface area contributed by atoms with Crippen LogP contribution in [0.15, 0.2) is 45.3 Å². The van der Waals surface area contributed by atoms with E-state index in [4.69, 9.17) is 4.42 Å². The van der Waals surface area contributed by atoms with E-state index >= 15 is 0 Å². The maximum Gasteiger partial charge on any atom is 0.402 e. The van der Waals surface area contributed by atoms with Gasteiger partial charge in [-0.1, -0.05) is 33.1 Å². The minimum atomic E-state index is -0.517. The SMILES string of the molecule is C=[N+](c1ccc(-c2ccc(Br)cc2)o1)N1CC(=O)NC1=O. The highest BCUT2D eigenvalue weighted by atomic mass is 79.9. The number of hydrogen-bond acceptors (Lipinski definition) is 3. The summed E-state index contributed by atoms with van der Waals surface area (Å²) < 4.78 is 7.92. The van der Waals surface area contributed by atoms with Gasteiger partial charge in [-0.3, -0.25) is 10.1 Å². The van der Waals surface area contributed by atoms with E-state index in [1.54, 1.807) is 12.1 Å². The van der Waals surface area contributed by atoms with Crippen molar-refractivity contribution in [2.75, 3.05) is 6.54 Å². The van der Waals surface area contributed by atoms with Crippen LogP contribution >= 0.6 is 15.9 Å². The number of nitrogens with one attached hydrogen (secondary N) is 1. The summed E-state index contributed by atoms with van der Waals surface area (Å²) in [7, 11) is 0. The first-order valence-electron chi connectivity index (χ1n) is 6.12. The summed E-state index contributed by atoms with van der Waals surface area (Å²) in [5.41, 5.74) is 0.903. The lowest BCUT2D eigenvalue weighted by atomic mass is 10.2. The number of carbonyl (C=O) groups excluding carboxylic acids is 2. The van der Waals surface area contributed by atoms with Gasteiger partial charge in [0.1, 0.15) is 5.76 Å². The zero-order valence-corrected chi connectivity index (χ0v) is 12.5. The van der Waals surface area contributed by atoms with Gasteiger partial charge in [-0.15, -0.1) is 0 Å². The van der Waals surface area contributed by atoms with E-state index < -0.39 is 6.03 Å². The summed E-state index contributed by atoms with van der Waals surface area (Å²) in [5.74, 6) is 0.656. The van der Waals surface area contributed by atoms with Gasteiger partial charge in [-0.05, 0) is 22.9 Å². The molecule has 0 saturated carbocycles. The molecule has 21 heavy (non-hydrogen) atoms. The van der Waals surface area contributed by atoms with Gasteiger partial charge in [-0.25, -0.2) is 4.79 Å². The molecule has 3 amide bonds. The first kappa shape index (κ1) is 13.6. The second kappa shape index (κ2) is 5.17. The molecule has 1 saturated heterocycles. The van der Waals surface area contributed by atoms with Crippen molar-refractivity contribution in [3.63, 3.8) is 0 Å². The number of rotatable bonds is 3. The van der Waals surface area contributed by atoms with Crippen LogP contribution in [0.25, 0.3) is 11.3 Å². The predicted molar refractivity (Wildman–Crippen MR) is 79.1 cm³/mol. The van der Waals surface area contributed by atoms with Crippen molar-refractivity contribution >= 4 is 40.5 Å². The molecule has 1 aromatic carbocycles. The number of benzene rings is 1. The van der Waals surface area contributed by atoms with E-state index in [1.807, 2.05) is 24.3 Å². The number of urea groups is 1. The largest absolute Gasteiger partial charge is 0.403 e. The lowest BCUT2D eigenvalue weighted by Gasteiger charge is -2.05. The second-order valence-corrected chi connectivity index (χ2v) is 5.37. The van der Waals surface area contributed by atoms with Crippen LogP contribution in [-0.2, 0) is 4.79 Å². The predicted octanol–water partition coefficient (Wildman–Crippen LogP) is 2.52. The summed E-state index contributed by atoms with van der Waals surface area (Å²) in [6.45, 7) is 3.67. The minimum absolute atomic E-state index is 0.0728. The summed E-state index contributed by atoms with van der Waals surface area (Å²) in [6, 6.07) is 10.6. The molecule has 0 spiro atoms. The fourth-order valence-corrected chi connectivity index (χ4v) is 2.25. The zero-order valence-electron chi connectivity index (χ0n) is 10.9. The molecule has 1 fully saturated rings. The van der Waals surface area contributed by atoms with Crippen LogP contribution < -0.4 is 5.32 Å². The van der Waals surface area contributed by atoms with Crippen LogP contribution in [0.1, 0.15) is 0 Å². The average Bonchev–Trinajstić information content (AvgIpc) is 3.06. The number of hydrazone groups is 1. The Labute approximate surface area is 128 Å². The van der Waals surface area contributed by atoms with Crippen LogP contribution in [0.3, 0.4) is 0 Å². The molecule has 1 aliphatic heterocycles. The molecule has 3 rings (SSSR count). The Morgan fingerprint density at radius 2 is 1.90 bits per heavy atom. The number of nitrogens with zero attached hydrogens (tertiary/aromatic N) is 2. The Bertz CT molecular complexity index is 736. The number of halogens is 1. The highest BCUT2D eigenvalue weighted by Gasteiger charge is 2.36. The Morgan fingerprint density at radius 1 is 1.19 bits per heavy atom. The quantitative estimate of drug-likeness (QED) is 0.526. The lowest BCUT2D eigenvalue weighted by molar-refractivity contribution is -0.597. The fraction of sp³-hybridized carbons (Fsp3) is 0.0714. The maximum atomic E-state index is 11.6. The number of hydrazine groups is 1. The number of carbonyl (C=O) groups is 2. The molecule has 2 heterocycles. The molecule has 106 valence electrons. The summed E-state index contributed by atoms with van der Waals surface area (Å²) in [6.07, 6.45) is 0. The highest BCUT2D eigenvalue weighted by Crippen LogP contribution is 2.27. The monoisotopic (exact) mass is 348 g/mol. The Balaban J connectivity index is 1.85. The van der Waals surface area contributed by atoms with E-state index in [2.05, 4.69) is 28.0 Å². The molecular formula is C14H11BrN3O3+. The third-order valence-electron chi connectivity index (χ3n) is 3.04. The maximum absolute atomic E-state index is 11.6. The number of amides is 3. The van der Waals surface area contributed by atoms with Crippen LogP contribution in [0.2, 0.25) is 0 Å². The van der Waals surface area contributed by atoms with Gasteiger partial charge in [0.25, 0.3) is 5.91 Å². The molecule has 0 unspecified atom stereocenters. The van der Waals surface area contributed by atoms with Crippen LogP contribution in [0.5, 0.6) is 0 Å². The van der Waals surface area contributed by atoms with Crippen LogP contribution in [-0.4, -0.2) is 34.9 Å². The smallest absolute Gasteiger partial charge is 0.402 e. The van der Waals surface area contributed by atoms with E-state index in [1.165, 1.54) is 9.69 Å². The summed E-state index contributed by atoms with van der Waals surface area (Å²) >= 11 is 3.37. The molecule has 1 aromatic heterocycles. The number of imide groups is 1. The van der Waals surface area contributed by atoms with Gasteiger partial charge < -0.3 is 4.42 Å². The van der Waals surface area contributed by atoms with Crippen molar-refractivity contribution in [2.24, 2.45) is 0 Å². The van der Waals surface area contributed by atoms with Gasteiger partial charge in [0.05, 0.1) is 6.07 Å². The van der Waals surface area contributed by atoms with Gasteiger partial charge in [0.2, 0.25) is 0 Å². The van der Waals surface area contributed by atoms with Gasteiger partial charge in [0.15, 0.2) is 13.3 Å². The Morgan fingerprint density at radius 3 is 2.52 bits per heavy atom. The topological polar surface area (TPSA) is 65.6 Å². The van der Waals surface area contributed by atoms with Crippen molar-refractivity contribution in [3.05, 3.63) is 40.9 Å². The molecule has 6 nitrogen and oxygen atoms in total. The van der Waals surface area contributed by atoms with Gasteiger partial charge in [-0.2, -0.15) is 0 Å². The van der Waals surface area contributed by atoms with E-state index in [-0.39, 0.29) is 12.5 Å². The number of furan rings is 1. The van der Waals surface area contributed by atoms with Crippen molar-refractivity contribution in [1.82, 2.24) is 10.3 Å². The van der Waals surface area contributed by atoms with E-state index in [0.717, 1.165) is 10.0 Å². The molecular weight excluding hydrogens is 338 g/mol. The standard InChI is InChI=1S/C14H10BrN3O3/c1-17(18-8-12(19)16-14(18)20)13-7-6-11(21-13)9-2-4-10(15)5-3-9/h2-7H,1,8H2/p+1. The first-order valence-corrected chi connectivity index (χ1v) is 6.91. The lowest BCUT2D eigenvalue weighted by Crippen LogP contribution is -2.34. The molecule has 2 aromatic rings. The van der Waals surface area contributed by atoms with Crippen molar-refractivity contribution in [1.29, 1.82) is 0 Å². The van der Waals surface area contributed by atoms with Gasteiger partial charge in [0, 0.05) is 10.0 Å². The highest BCUT2D eigenvalue weighted by molar-refractivity contribution is 9.10. The summed E-state index contributed by atoms with van der Waals surface area (Å²) in [5, 5.41) is 3.35. The normalized spacial score (nSPS) is 14.4. The van der Waals surface area contributed by atoms with E-state index in [9.17, 15) is 9.59 Å². The van der Waals surface area contributed by atoms with Crippen molar-refractivity contribution in [2.45, 2.75) is 0 Å². The van der Waals surface area contributed by atoms with E-state index in [0.29, 0.717) is 11.6 Å². The first-order chi connectivity index (χ1) is 10.0. The Hall–Kier alpha value is -2.41. The summed E-state index contributed by atoms with van der Waals surface area (Å²) in [4.78, 5) is 22.8. The minimum Gasteiger partial charge on any atom is -0.403 e. The Kier molecular flexibility index (Phi) is 3.34. The zero-order chi connectivity index (χ0) is 15.0. The molecule has 7 heteroatoms. The molecule has 0 radical (unpaired) electrons. The van der Waals surface area contributed by atoms with Crippen LogP contribution in [0, 0.1) is 0 Å². The van der Waals surface area contributed by atoms with Crippen molar-refractivity contribution in [3.8, 4) is 11.3 Å². The fourth-order valence-electron chi connectivity index (χ4n) is 1.98.